The van der Waals surface area contributed by atoms with Gasteiger partial charge in [-0.15, -0.1) is 0 Å². The van der Waals surface area contributed by atoms with E-state index in [0.717, 1.165) is 32.0 Å². The highest BCUT2D eigenvalue weighted by atomic mass is 19.4. The Balaban J connectivity index is 1.01. The number of likely N-dealkylation sites (tertiary alicyclic amines) is 1. The van der Waals surface area contributed by atoms with Crippen molar-refractivity contribution in [3.05, 3.63) is 53.3 Å². The van der Waals surface area contributed by atoms with E-state index in [1.807, 2.05) is 16.8 Å². The maximum absolute atomic E-state index is 13.4. The van der Waals surface area contributed by atoms with Crippen LogP contribution in [-0.2, 0) is 12.7 Å². The minimum atomic E-state index is -4.37. The Bertz CT molecular complexity index is 1210. The first kappa shape index (κ1) is 26.3. The van der Waals surface area contributed by atoms with Crippen molar-refractivity contribution in [2.75, 3.05) is 46.3 Å². The minimum Gasteiger partial charge on any atom is -0.336 e. The molecule has 4 fully saturated rings. The number of aromatic nitrogens is 2. The Morgan fingerprint density at radius 2 is 1.67 bits per heavy atom. The summed E-state index contributed by atoms with van der Waals surface area (Å²) in [6.07, 6.45) is 2.86. The van der Waals surface area contributed by atoms with Crippen molar-refractivity contribution in [1.82, 2.24) is 29.4 Å². The Labute approximate surface area is 226 Å². The highest BCUT2D eigenvalue weighted by Crippen LogP contribution is 2.41. The van der Waals surface area contributed by atoms with Crippen LogP contribution in [0.4, 0.5) is 18.0 Å². The van der Waals surface area contributed by atoms with Crippen LogP contribution in [-0.4, -0.2) is 99.7 Å². The molecule has 4 aliphatic rings. The number of hydrogen-bond donors (Lipinski definition) is 0. The van der Waals surface area contributed by atoms with Gasteiger partial charge in [-0.3, -0.25) is 14.6 Å². The maximum Gasteiger partial charge on any atom is 0.416 e. The molecule has 2 amide bonds. The molecular weight excluding hydrogens is 509 g/mol. The topological polar surface area (TPSA) is 64.9 Å². The van der Waals surface area contributed by atoms with Gasteiger partial charge in [0.25, 0.3) is 5.91 Å². The van der Waals surface area contributed by atoms with E-state index in [2.05, 4.69) is 10.00 Å². The summed E-state index contributed by atoms with van der Waals surface area (Å²) in [6, 6.07) is 6.40. The quantitative estimate of drug-likeness (QED) is 0.576. The fourth-order valence-electron chi connectivity index (χ4n) is 6.71. The molecule has 8 nitrogen and oxygen atoms in total. The number of rotatable bonds is 5. The summed E-state index contributed by atoms with van der Waals surface area (Å²) in [4.78, 5) is 34.3. The van der Waals surface area contributed by atoms with Crippen molar-refractivity contribution >= 4 is 11.9 Å². The molecule has 3 heterocycles. The first-order valence-corrected chi connectivity index (χ1v) is 13.9. The van der Waals surface area contributed by atoms with Crippen LogP contribution in [0.3, 0.4) is 0 Å². The van der Waals surface area contributed by atoms with Gasteiger partial charge in [0.15, 0.2) is 0 Å². The number of carbonyl (C=O) groups is 2. The van der Waals surface area contributed by atoms with Crippen molar-refractivity contribution in [3.8, 4) is 0 Å². The van der Waals surface area contributed by atoms with Gasteiger partial charge in [0.1, 0.15) is 0 Å². The molecule has 1 unspecified atom stereocenters. The number of alkyl halides is 3. The molecule has 210 valence electrons. The van der Waals surface area contributed by atoms with Crippen LogP contribution in [0.15, 0.2) is 36.7 Å². The number of hydrogen-bond acceptors (Lipinski definition) is 5. The van der Waals surface area contributed by atoms with Crippen molar-refractivity contribution in [2.24, 2.45) is 11.8 Å². The number of piperazine rings is 1. The molecule has 2 aliphatic carbocycles. The summed E-state index contributed by atoms with van der Waals surface area (Å²) in [6.45, 7) is 4.61. The van der Waals surface area contributed by atoms with E-state index in [-0.39, 0.29) is 30.1 Å². The highest BCUT2D eigenvalue weighted by molar-refractivity contribution is 5.94. The van der Waals surface area contributed by atoms with Gasteiger partial charge < -0.3 is 9.80 Å². The van der Waals surface area contributed by atoms with Crippen molar-refractivity contribution < 1.29 is 22.8 Å². The molecule has 6 rings (SSSR count). The Kier molecular flexibility index (Phi) is 6.91. The molecule has 11 heteroatoms. The standard InChI is InChI=1S/C28H35F3N6O2/c1-33(15-19-4-2-3-5-25(19)28(29,30)31)24-12-20-16-36(17-21(20)13-24)27(39)37-18-22(14-32-37)26(38)35-10-8-34(9-11-35)23-6-7-23/h2-5,14,18,20-21,23-24H,6-13,15-17H2,1H3/t20-,21+,24?. The van der Waals surface area contributed by atoms with Gasteiger partial charge in [-0.2, -0.15) is 23.0 Å². The molecule has 0 N–H and O–H groups in total. The third-order valence-electron chi connectivity index (χ3n) is 9.05. The molecule has 1 aromatic carbocycles. The van der Waals surface area contributed by atoms with Crippen molar-refractivity contribution in [2.45, 2.75) is 50.5 Å². The maximum atomic E-state index is 13.4. The molecule has 2 aromatic rings. The predicted octanol–water partition coefficient (Wildman–Crippen LogP) is 3.63. The normalized spacial score (nSPS) is 25.9. The molecule has 1 aromatic heterocycles. The van der Waals surface area contributed by atoms with E-state index in [1.54, 1.807) is 23.2 Å². The first-order valence-electron chi connectivity index (χ1n) is 13.9. The average Bonchev–Trinajstić information content (AvgIpc) is 3.31. The number of amides is 2. The van der Waals surface area contributed by atoms with Crippen LogP contribution in [0.1, 0.15) is 47.2 Å². The summed E-state index contributed by atoms with van der Waals surface area (Å²) < 4.78 is 41.5. The van der Waals surface area contributed by atoms with Gasteiger partial charge in [-0.25, -0.2) is 4.79 Å². The summed E-state index contributed by atoms with van der Waals surface area (Å²) in [5.74, 6) is 0.526. The smallest absolute Gasteiger partial charge is 0.336 e. The van der Waals surface area contributed by atoms with Gasteiger partial charge in [0, 0.05) is 64.1 Å². The molecular formula is C28H35F3N6O2. The van der Waals surface area contributed by atoms with Gasteiger partial charge in [-0.05, 0) is 56.2 Å². The van der Waals surface area contributed by atoms with E-state index in [0.29, 0.717) is 49.6 Å². The highest BCUT2D eigenvalue weighted by Gasteiger charge is 2.44. The average molecular weight is 545 g/mol. The number of carbonyl (C=O) groups excluding carboxylic acids is 2. The summed E-state index contributed by atoms with van der Waals surface area (Å²) in [5.41, 5.74) is 0.142. The van der Waals surface area contributed by atoms with Crippen molar-refractivity contribution in [3.63, 3.8) is 0 Å². The fourth-order valence-corrected chi connectivity index (χ4v) is 6.71. The number of nitrogens with zero attached hydrogens (tertiary/aromatic N) is 6. The number of halogens is 3. The second kappa shape index (κ2) is 10.2. The molecule has 0 bridgehead atoms. The monoisotopic (exact) mass is 544 g/mol. The van der Waals surface area contributed by atoms with E-state index >= 15 is 0 Å². The molecule has 39 heavy (non-hydrogen) atoms. The van der Waals surface area contributed by atoms with E-state index in [1.165, 1.54) is 29.8 Å². The Hall–Kier alpha value is -2.92. The van der Waals surface area contributed by atoms with E-state index in [9.17, 15) is 22.8 Å². The second-order valence-corrected chi connectivity index (χ2v) is 11.6. The molecule has 2 saturated heterocycles. The Morgan fingerprint density at radius 3 is 2.31 bits per heavy atom. The predicted molar refractivity (Wildman–Crippen MR) is 138 cm³/mol. The van der Waals surface area contributed by atoms with Crippen LogP contribution < -0.4 is 0 Å². The first-order chi connectivity index (χ1) is 18.7. The molecule has 3 atom stereocenters. The molecule has 2 saturated carbocycles. The lowest BCUT2D eigenvalue weighted by atomic mass is 10.0. The SMILES string of the molecule is CN(Cc1ccccc1C(F)(F)F)C1C[C@@H]2CN(C(=O)n3cc(C(=O)N4CCN(C5CC5)CC4)cn3)C[C@@H]2C1. The van der Waals surface area contributed by atoms with Gasteiger partial charge in [0.05, 0.1) is 17.3 Å². The molecule has 2 aliphatic heterocycles. The lowest BCUT2D eigenvalue weighted by Crippen LogP contribution is -2.49. The van der Waals surface area contributed by atoms with Crippen LogP contribution >= 0.6 is 0 Å². The zero-order valence-electron chi connectivity index (χ0n) is 22.2. The van der Waals surface area contributed by atoms with Crippen LogP contribution in [0.2, 0.25) is 0 Å². The fraction of sp³-hybridized carbons (Fsp3) is 0.607. The molecule has 0 radical (unpaired) electrons. The second-order valence-electron chi connectivity index (χ2n) is 11.6. The van der Waals surface area contributed by atoms with Gasteiger partial charge in [0.2, 0.25) is 0 Å². The third-order valence-corrected chi connectivity index (χ3v) is 9.05. The summed E-state index contributed by atoms with van der Waals surface area (Å²) in [7, 11) is 1.88. The van der Waals surface area contributed by atoms with Gasteiger partial charge in [-0.1, -0.05) is 18.2 Å². The van der Waals surface area contributed by atoms with E-state index in [4.69, 9.17) is 0 Å². The largest absolute Gasteiger partial charge is 0.416 e. The summed E-state index contributed by atoms with van der Waals surface area (Å²) in [5, 5.41) is 4.21. The zero-order chi connectivity index (χ0) is 27.3. The minimum absolute atomic E-state index is 0.0826. The number of benzene rings is 1. The van der Waals surface area contributed by atoms with Crippen LogP contribution in [0.25, 0.3) is 0 Å². The van der Waals surface area contributed by atoms with Crippen LogP contribution in [0, 0.1) is 11.8 Å². The molecule has 0 spiro atoms. The lowest BCUT2D eigenvalue weighted by Gasteiger charge is -2.34. The van der Waals surface area contributed by atoms with Crippen LogP contribution in [0.5, 0.6) is 0 Å². The van der Waals surface area contributed by atoms with E-state index < -0.39 is 11.7 Å². The van der Waals surface area contributed by atoms with Gasteiger partial charge >= 0.3 is 12.2 Å². The third kappa shape index (κ3) is 5.43. The zero-order valence-corrected chi connectivity index (χ0v) is 22.2. The lowest BCUT2D eigenvalue weighted by molar-refractivity contribution is -0.138. The summed E-state index contributed by atoms with van der Waals surface area (Å²) >= 11 is 0. The Morgan fingerprint density at radius 1 is 1.00 bits per heavy atom. The van der Waals surface area contributed by atoms with Crippen molar-refractivity contribution in [1.29, 1.82) is 0 Å². The number of fused-ring (bicyclic) bond motifs is 1.